The quantitative estimate of drug-likeness (QED) is 0.791. The van der Waals surface area contributed by atoms with E-state index in [0.717, 1.165) is 29.2 Å². The number of imidazole rings is 1. The number of benzene rings is 1. The predicted molar refractivity (Wildman–Crippen MR) is 80.2 cm³/mol. The van der Waals surface area contributed by atoms with Crippen molar-refractivity contribution in [1.29, 1.82) is 0 Å². The van der Waals surface area contributed by atoms with Crippen molar-refractivity contribution in [1.82, 2.24) is 19.5 Å². The van der Waals surface area contributed by atoms with Gasteiger partial charge in [0.25, 0.3) is 0 Å². The number of rotatable bonds is 3. The van der Waals surface area contributed by atoms with E-state index in [-0.39, 0.29) is 0 Å². The molecule has 0 unspecified atom stereocenters. The molecule has 1 N–H and O–H groups in total. The van der Waals surface area contributed by atoms with E-state index in [9.17, 15) is 0 Å². The standard InChI is InChI=1S/C15H17N5/c1-4-20-9-18-13-14(16-8-17-15(13)20)19-12-6-10(2)5-11(3)7-12/h5-9H,4H2,1-3H3,(H,16,17,19). The van der Waals surface area contributed by atoms with Crippen molar-refractivity contribution in [3.05, 3.63) is 42.0 Å². The summed E-state index contributed by atoms with van der Waals surface area (Å²) in [6, 6.07) is 6.34. The fourth-order valence-electron chi connectivity index (χ4n) is 2.39. The molecule has 0 amide bonds. The summed E-state index contributed by atoms with van der Waals surface area (Å²) in [5.41, 5.74) is 5.12. The molecule has 2 aromatic heterocycles. The molecule has 3 rings (SSSR count). The number of anilines is 2. The van der Waals surface area contributed by atoms with Crippen LogP contribution in [0.5, 0.6) is 0 Å². The minimum Gasteiger partial charge on any atom is -0.338 e. The zero-order chi connectivity index (χ0) is 14.1. The van der Waals surface area contributed by atoms with E-state index in [0.29, 0.717) is 0 Å². The van der Waals surface area contributed by atoms with Crippen LogP contribution in [-0.2, 0) is 6.54 Å². The van der Waals surface area contributed by atoms with Crippen molar-refractivity contribution in [2.45, 2.75) is 27.3 Å². The molecule has 0 aliphatic heterocycles. The van der Waals surface area contributed by atoms with E-state index in [1.54, 1.807) is 12.7 Å². The van der Waals surface area contributed by atoms with Gasteiger partial charge in [-0.15, -0.1) is 0 Å². The second-order valence-corrected chi connectivity index (χ2v) is 4.93. The summed E-state index contributed by atoms with van der Waals surface area (Å²) in [7, 11) is 0. The average Bonchev–Trinajstić information content (AvgIpc) is 2.81. The highest BCUT2D eigenvalue weighted by Crippen LogP contribution is 2.23. The van der Waals surface area contributed by atoms with Crippen molar-refractivity contribution >= 4 is 22.7 Å². The first-order valence-corrected chi connectivity index (χ1v) is 6.68. The Bertz CT molecular complexity index is 740. The number of fused-ring (bicyclic) bond motifs is 1. The van der Waals surface area contributed by atoms with Gasteiger partial charge in [-0.1, -0.05) is 6.07 Å². The van der Waals surface area contributed by atoms with Crippen LogP contribution in [0.25, 0.3) is 11.2 Å². The molecule has 0 atom stereocenters. The van der Waals surface area contributed by atoms with Gasteiger partial charge >= 0.3 is 0 Å². The van der Waals surface area contributed by atoms with Gasteiger partial charge < -0.3 is 9.88 Å². The Kier molecular flexibility index (Phi) is 3.10. The summed E-state index contributed by atoms with van der Waals surface area (Å²) in [5, 5.41) is 3.34. The summed E-state index contributed by atoms with van der Waals surface area (Å²) in [4.78, 5) is 13.0. The molecule has 3 aromatic rings. The van der Waals surface area contributed by atoms with Crippen LogP contribution >= 0.6 is 0 Å². The van der Waals surface area contributed by atoms with Crippen LogP contribution < -0.4 is 5.32 Å². The molecule has 102 valence electrons. The van der Waals surface area contributed by atoms with Gasteiger partial charge in [0.05, 0.1) is 6.33 Å². The zero-order valence-corrected chi connectivity index (χ0v) is 11.9. The first-order chi connectivity index (χ1) is 9.67. The van der Waals surface area contributed by atoms with Crippen LogP contribution in [0.15, 0.2) is 30.9 Å². The van der Waals surface area contributed by atoms with E-state index in [1.807, 2.05) is 4.57 Å². The average molecular weight is 267 g/mol. The molecule has 0 aliphatic carbocycles. The maximum absolute atomic E-state index is 4.41. The maximum atomic E-state index is 4.41. The number of nitrogens with one attached hydrogen (secondary N) is 1. The molecule has 0 aliphatic rings. The number of nitrogens with zero attached hydrogens (tertiary/aromatic N) is 4. The van der Waals surface area contributed by atoms with Gasteiger partial charge in [0.2, 0.25) is 0 Å². The molecular formula is C15H17N5. The van der Waals surface area contributed by atoms with Gasteiger partial charge in [0.15, 0.2) is 17.0 Å². The number of aryl methyl sites for hydroxylation is 3. The number of aromatic nitrogens is 4. The Morgan fingerprint density at radius 3 is 2.50 bits per heavy atom. The SMILES string of the molecule is CCn1cnc2c(Nc3cc(C)cc(C)c3)ncnc21. The lowest BCUT2D eigenvalue weighted by atomic mass is 10.1. The lowest BCUT2D eigenvalue weighted by molar-refractivity contribution is 0.777. The third kappa shape index (κ3) is 2.22. The Morgan fingerprint density at radius 1 is 1.05 bits per heavy atom. The third-order valence-electron chi connectivity index (χ3n) is 3.23. The molecule has 0 saturated heterocycles. The second-order valence-electron chi connectivity index (χ2n) is 4.93. The number of hydrogen-bond donors (Lipinski definition) is 1. The van der Waals surface area contributed by atoms with Crippen LogP contribution in [-0.4, -0.2) is 19.5 Å². The van der Waals surface area contributed by atoms with Crippen molar-refractivity contribution < 1.29 is 0 Å². The summed E-state index contributed by atoms with van der Waals surface area (Å²) in [6.07, 6.45) is 3.37. The highest BCUT2D eigenvalue weighted by Gasteiger charge is 2.09. The van der Waals surface area contributed by atoms with Gasteiger partial charge in [0.1, 0.15) is 6.33 Å². The Morgan fingerprint density at radius 2 is 1.80 bits per heavy atom. The molecule has 5 nitrogen and oxygen atoms in total. The van der Waals surface area contributed by atoms with E-state index < -0.39 is 0 Å². The van der Waals surface area contributed by atoms with E-state index >= 15 is 0 Å². The van der Waals surface area contributed by atoms with Crippen LogP contribution in [0, 0.1) is 13.8 Å². The van der Waals surface area contributed by atoms with Gasteiger partial charge in [-0.3, -0.25) is 0 Å². The normalized spacial score (nSPS) is 10.9. The van der Waals surface area contributed by atoms with Crippen molar-refractivity contribution in [3.63, 3.8) is 0 Å². The lowest BCUT2D eigenvalue weighted by Gasteiger charge is -2.08. The van der Waals surface area contributed by atoms with Gasteiger partial charge in [-0.05, 0) is 44.0 Å². The predicted octanol–water partition coefficient (Wildman–Crippen LogP) is 3.21. The molecule has 1 aromatic carbocycles. The minimum absolute atomic E-state index is 0.743. The Labute approximate surface area is 117 Å². The number of hydrogen-bond acceptors (Lipinski definition) is 4. The van der Waals surface area contributed by atoms with Crippen molar-refractivity contribution in [3.8, 4) is 0 Å². The minimum atomic E-state index is 0.743. The molecule has 0 saturated carbocycles. The largest absolute Gasteiger partial charge is 0.338 e. The first-order valence-electron chi connectivity index (χ1n) is 6.68. The molecular weight excluding hydrogens is 250 g/mol. The van der Waals surface area contributed by atoms with E-state index in [1.165, 1.54) is 11.1 Å². The highest BCUT2D eigenvalue weighted by molar-refractivity contribution is 5.85. The summed E-state index contributed by atoms with van der Waals surface area (Å²) in [6.45, 7) is 7.08. The Balaban J connectivity index is 2.04. The van der Waals surface area contributed by atoms with Gasteiger partial charge in [0, 0.05) is 12.2 Å². The maximum Gasteiger partial charge on any atom is 0.165 e. The summed E-state index contributed by atoms with van der Waals surface area (Å²) < 4.78 is 2.00. The van der Waals surface area contributed by atoms with Crippen LogP contribution in [0.4, 0.5) is 11.5 Å². The van der Waals surface area contributed by atoms with Crippen molar-refractivity contribution in [2.24, 2.45) is 0 Å². The van der Waals surface area contributed by atoms with Gasteiger partial charge in [-0.2, -0.15) is 0 Å². The zero-order valence-electron chi connectivity index (χ0n) is 11.9. The molecule has 20 heavy (non-hydrogen) atoms. The molecule has 2 heterocycles. The third-order valence-corrected chi connectivity index (χ3v) is 3.23. The Hall–Kier alpha value is -2.43. The molecule has 0 bridgehead atoms. The highest BCUT2D eigenvalue weighted by atomic mass is 15.1. The summed E-state index contributed by atoms with van der Waals surface area (Å²) >= 11 is 0. The van der Waals surface area contributed by atoms with E-state index in [4.69, 9.17) is 0 Å². The molecule has 5 heteroatoms. The van der Waals surface area contributed by atoms with Crippen LogP contribution in [0.3, 0.4) is 0 Å². The molecule has 0 fully saturated rings. The topological polar surface area (TPSA) is 55.6 Å². The second kappa shape index (κ2) is 4.92. The lowest BCUT2D eigenvalue weighted by Crippen LogP contribution is -1.98. The monoisotopic (exact) mass is 267 g/mol. The molecule has 0 radical (unpaired) electrons. The fourth-order valence-corrected chi connectivity index (χ4v) is 2.39. The van der Waals surface area contributed by atoms with Gasteiger partial charge in [-0.25, -0.2) is 15.0 Å². The fraction of sp³-hybridized carbons (Fsp3) is 0.267. The summed E-state index contributed by atoms with van der Waals surface area (Å²) in [5.74, 6) is 0.743. The molecule has 0 spiro atoms. The van der Waals surface area contributed by atoms with Crippen LogP contribution in [0.1, 0.15) is 18.1 Å². The van der Waals surface area contributed by atoms with Crippen molar-refractivity contribution in [2.75, 3.05) is 5.32 Å². The van der Waals surface area contributed by atoms with Crippen LogP contribution in [0.2, 0.25) is 0 Å². The first kappa shape index (κ1) is 12.6. The van der Waals surface area contributed by atoms with E-state index in [2.05, 4.69) is 59.2 Å². The smallest absolute Gasteiger partial charge is 0.165 e.